The minimum atomic E-state index is 0.981. The van der Waals surface area contributed by atoms with Gasteiger partial charge in [-0.3, -0.25) is 4.40 Å². The van der Waals surface area contributed by atoms with Crippen LogP contribution in [0, 0.1) is 0 Å². The second kappa shape index (κ2) is 5.42. The molecule has 0 unspecified atom stereocenters. The van der Waals surface area contributed by atoms with Crippen molar-refractivity contribution in [2.24, 2.45) is 0 Å². The van der Waals surface area contributed by atoms with Crippen molar-refractivity contribution in [3.63, 3.8) is 0 Å². The predicted octanol–water partition coefficient (Wildman–Crippen LogP) is 6.51. The summed E-state index contributed by atoms with van der Waals surface area (Å²) in [5.41, 5.74) is 4.26. The molecule has 0 aliphatic carbocycles. The zero-order valence-electron chi connectivity index (χ0n) is 14.6. The van der Waals surface area contributed by atoms with E-state index < -0.39 is 0 Å². The van der Waals surface area contributed by atoms with Gasteiger partial charge in [0.15, 0.2) is 0 Å². The minimum absolute atomic E-state index is 0.981. The van der Waals surface area contributed by atoms with Gasteiger partial charge in [-0.1, -0.05) is 66.7 Å². The van der Waals surface area contributed by atoms with Gasteiger partial charge in [-0.2, -0.15) is 0 Å². The molecule has 0 spiro atoms. The molecule has 0 saturated carbocycles. The summed E-state index contributed by atoms with van der Waals surface area (Å²) in [5.74, 6) is 0. The number of hydrogen-bond donors (Lipinski definition) is 0. The van der Waals surface area contributed by atoms with E-state index in [2.05, 4.69) is 95.4 Å². The maximum absolute atomic E-state index is 4.97. The number of hydrogen-bond acceptors (Lipinski definition) is 1. The van der Waals surface area contributed by atoms with Gasteiger partial charge in [0.2, 0.25) is 0 Å². The van der Waals surface area contributed by atoms with Crippen LogP contribution in [0.2, 0.25) is 0 Å². The highest BCUT2D eigenvalue weighted by Crippen LogP contribution is 2.28. The van der Waals surface area contributed by atoms with Crippen molar-refractivity contribution in [1.29, 1.82) is 0 Å². The van der Waals surface area contributed by atoms with Crippen molar-refractivity contribution in [3.8, 4) is 0 Å². The standard InChI is InChI=1S/C25H16N2/c1-2-12-22-18-8-6-10-20(16-18)27-24-14-4-3-13-23(24)26-25(27)19-9-5-7-17(15-19)21(22)11-1/h1-16H. The summed E-state index contributed by atoms with van der Waals surface area (Å²) in [5, 5.41) is 6.07. The van der Waals surface area contributed by atoms with Gasteiger partial charge in [-0.05, 0) is 51.9 Å². The second-order valence-corrected chi connectivity index (χ2v) is 6.94. The van der Waals surface area contributed by atoms with E-state index in [-0.39, 0.29) is 0 Å². The van der Waals surface area contributed by atoms with E-state index in [4.69, 9.17) is 4.98 Å². The fourth-order valence-corrected chi connectivity index (χ4v) is 4.11. The van der Waals surface area contributed by atoms with E-state index in [1.54, 1.807) is 0 Å². The molecule has 0 N–H and O–H groups in total. The lowest BCUT2D eigenvalue weighted by Crippen LogP contribution is -1.86. The lowest BCUT2D eigenvalue weighted by molar-refractivity contribution is 1.31. The molecule has 6 rings (SSSR count). The summed E-state index contributed by atoms with van der Waals surface area (Å²) in [6.45, 7) is 0. The summed E-state index contributed by atoms with van der Waals surface area (Å²) in [6, 6.07) is 34.4. The monoisotopic (exact) mass is 344 g/mol. The van der Waals surface area contributed by atoms with Crippen molar-refractivity contribution in [1.82, 2.24) is 9.38 Å². The number of benzene rings is 4. The number of fused-ring (bicyclic) bond motifs is 12. The van der Waals surface area contributed by atoms with E-state index in [0.717, 1.165) is 27.6 Å². The van der Waals surface area contributed by atoms with Crippen molar-refractivity contribution in [2.75, 3.05) is 0 Å². The summed E-state index contributed by atoms with van der Waals surface area (Å²) in [6.07, 6.45) is 0. The highest BCUT2D eigenvalue weighted by molar-refractivity contribution is 6.07. The smallest absolute Gasteiger partial charge is 0.145 e. The van der Waals surface area contributed by atoms with Gasteiger partial charge < -0.3 is 0 Å². The Morgan fingerprint density at radius 3 is 2.07 bits per heavy atom. The molecule has 2 heterocycles. The van der Waals surface area contributed by atoms with E-state index >= 15 is 0 Å². The van der Waals surface area contributed by atoms with Crippen molar-refractivity contribution >= 4 is 49.1 Å². The van der Waals surface area contributed by atoms with Gasteiger partial charge >= 0.3 is 0 Å². The lowest BCUT2D eigenvalue weighted by Gasteiger charge is -2.05. The van der Waals surface area contributed by atoms with Gasteiger partial charge in [-0.25, -0.2) is 4.98 Å². The third-order valence-electron chi connectivity index (χ3n) is 5.33. The van der Waals surface area contributed by atoms with Gasteiger partial charge in [0, 0.05) is 10.9 Å². The molecule has 4 aromatic carbocycles. The molecular weight excluding hydrogens is 328 g/mol. The van der Waals surface area contributed by atoms with Gasteiger partial charge in [0.1, 0.15) is 5.65 Å². The van der Waals surface area contributed by atoms with Crippen molar-refractivity contribution in [3.05, 3.63) is 97.1 Å². The number of nitrogens with zero attached hydrogens (tertiary/aromatic N) is 2. The molecule has 0 aliphatic heterocycles. The third kappa shape index (κ3) is 2.10. The maximum Gasteiger partial charge on any atom is 0.145 e. The van der Waals surface area contributed by atoms with Crippen LogP contribution in [0.4, 0.5) is 0 Å². The summed E-state index contributed by atoms with van der Waals surface area (Å²) < 4.78 is 2.27. The Labute approximate surface area is 156 Å². The second-order valence-electron chi connectivity index (χ2n) is 6.94. The van der Waals surface area contributed by atoms with Crippen LogP contribution in [-0.2, 0) is 0 Å². The number of para-hydroxylation sites is 2. The average Bonchev–Trinajstić information content (AvgIpc) is 3.13. The lowest BCUT2D eigenvalue weighted by atomic mass is 10.0. The Morgan fingerprint density at radius 2 is 1.22 bits per heavy atom. The fraction of sp³-hybridized carbons (Fsp3) is 0. The zero-order valence-corrected chi connectivity index (χ0v) is 14.6. The van der Waals surface area contributed by atoms with Crippen LogP contribution in [0.25, 0.3) is 49.1 Å². The maximum atomic E-state index is 4.97. The van der Waals surface area contributed by atoms with Crippen molar-refractivity contribution in [2.45, 2.75) is 0 Å². The Kier molecular flexibility index (Phi) is 2.91. The number of rotatable bonds is 0. The predicted molar refractivity (Wildman–Crippen MR) is 114 cm³/mol. The molecule has 2 nitrogen and oxygen atoms in total. The summed E-state index contributed by atoms with van der Waals surface area (Å²) >= 11 is 0. The Hall–Kier alpha value is -3.65. The molecule has 4 bridgehead atoms. The van der Waals surface area contributed by atoms with Crippen molar-refractivity contribution < 1.29 is 0 Å². The van der Waals surface area contributed by atoms with Crippen LogP contribution < -0.4 is 0 Å². The van der Waals surface area contributed by atoms with Crippen LogP contribution in [-0.4, -0.2) is 9.38 Å². The molecule has 0 amide bonds. The number of imidazole rings is 1. The largest absolute Gasteiger partial charge is 0.292 e. The van der Waals surface area contributed by atoms with Crippen LogP contribution in [0.15, 0.2) is 97.1 Å². The first-order chi connectivity index (χ1) is 13.4. The average molecular weight is 344 g/mol. The molecular formula is C25H16N2. The SMILES string of the molecule is c1cc2cc(c1)c1nc3ccccc3n1c1cccc(c1)c1ccccc21. The van der Waals surface area contributed by atoms with E-state index in [1.165, 1.54) is 21.5 Å². The van der Waals surface area contributed by atoms with E-state index in [0.29, 0.717) is 0 Å². The fourth-order valence-electron chi connectivity index (χ4n) is 4.11. The summed E-state index contributed by atoms with van der Waals surface area (Å²) in [7, 11) is 0. The van der Waals surface area contributed by atoms with Crippen LogP contribution >= 0.6 is 0 Å². The van der Waals surface area contributed by atoms with Gasteiger partial charge in [0.25, 0.3) is 0 Å². The van der Waals surface area contributed by atoms with Crippen LogP contribution in [0.1, 0.15) is 0 Å². The summed E-state index contributed by atoms with van der Waals surface area (Å²) in [4.78, 5) is 4.97. The van der Waals surface area contributed by atoms with E-state index in [1.807, 2.05) is 6.07 Å². The van der Waals surface area contributed by atoms with E-state index in [9.17, 15) is 0 Å². The molecule has 0 fully saturated rings. The molecule has 2 heteroatoms. The van der Waals surface area contributed by atoms with Gasteiger partial charge in [-0.15, -0.1) is 0 Å². The van der Waals surface area contributed by atoms with Crippen LogP contribution in [0.5, 0.6) is 0 Å². The molecule has 126 valence electrons. The highest BCUT2D eigenvalue weighted by Gasteiger charge is 2.07. The first-order valence-corrected chi connectivity index (χ1v) is 9.17. The third-order valence-corrected chi connectivity index (χ3v) is 5.33. The molecule has 27 heavy (non-hydrogen) atoms. The van der Waals surface area contributed by atoms with Crippen LogP contribution in [0.3, 0.4) is 0 Å². The molecule has 0 atom stereocenters. The first-order valence-electron chi connectivity index (χ1n) is 9.17. The molecule has 2 aromatic heterocycles. The molecule has 0 radical (unpaired) electrons. The molecule has 0 aliphatic rings. The quantitative estimate of drug-likeness (QED) is 0.307. The Bertz CT molecular complexity index is 1520. The molecule has 0 saturated heterocycles. The normalized spacial score (nSPS) is 11.7. The Balaban J connectivity index is 2.04. The topological polar surface area (TPSA) is 17.3 Å². The van der Waals surface area contributed by atoms with Gasteiger partial charge in [0.05, 0.1) is 11.0 Å². The zero-order chi connectivity index (χ0) is 17.8. The highest BCUT2D eigenvalue weighted by atomic mass is 15.0. The number of aromatic nitrogens is 2. The molecule has 6 aromatic rings. The Morgan fingerprint density at radius 1 is 0.556 bits per heavy atom. The minimum Gasteiger partial charge on any atom is -0.292 e. The first kappa shape index (κ1) is 14.5.